The lowest BCUT2D eigenvalue weighted by molar-refractivity contribution is -0.139. The Labute approximate surface area is 137 Å². The van der Waals surface area contributed by atoms with Gasteiger partial charge >= 0.3 is 5.97 Å². The molecule has 0 atom stereocenters. The van der Waals surface area contributed by atoms with Crippen LogP contribution in [0.5, 0.6) is 0 Å². The van der Waals surface area contributed by atoms with Crippen LogP contribution in [-0.2, 0) is 14.8 Å². The summed E-state index contributed by atoms with van der Waals surface area (Å²) in [6.07, 6.45) is 1.40. The highest BCUT2D eigenvalue weighted by molar-refractivity contribution is 7.89. The summed E-state index contributed by atoms with van der Waals surface area (Å²) < 4.78 is 27.4. The van der Waals surface area contributed by atoms with Gasteiger partial charge in [-0.3, -0.25) is 4.79 Å². The number of hydrogen-bond donors (Lipinski definition) is 2. The number of carboxylic acid groups (broad SMARTS) is 1. The topological polar surface area (TPSA) is 83.5 Å². The quantitative estimate of drug-likeness (QED) is 0.830. The van der Waals surface area contributed by atoms with Gasteiger partial charge in [0, 0.05) is 10.6 Å². The number of hydrogen-bond acceptors (Lipinski definition) is 3. The summed E-state index contributed by atoms with van der Waals surface area (Å²) in [5.74, 6) is -1.06. The predicted molar refractivity (Wildman–Crippen MR) is 80.6 cm³/mol. The molecule has 1 saturated carbocycles. The second-order valence-electron chi connectivity index (χ2n) is 5.01. The molecular formula is C12H12Cl3NO4S. The smallest absolute Gasteiger partial charge is 0.305 e. The first-order chi connectivity index (χ1) is 9.65. The number of halogens is 3. The first-order valence-corrected chi connectivity index (χ1v) is 8.67. The van der Waals surface area contributed by atoms with Gasteiger partial charge in [0.15, 0.2) is 0 Å². The molecule has 0 heterocycles. The molecule has 21 heavy (non-hydrogen) atoms. The van der Waals surface area contributed by atoms with Crippen molar-refractivity contribution in [2.24, 2.45) is 0 Å². The average molecular weight is 373 g/mol. The van der Waals surface area contributed by atoms with Gasteiger partial charge in [-0.1, -0.05) is 34.8 Å². The molecule has 1 aliphatic rings. The second-order valence-corrected chi connectivity index (χ2v) is 7.88. The summed E-state index contributed by atoms with van der Waals surface area (Å²) in [6.45, 7) is 0. The van der Waals surface area contributed by atoms with Crippen molar-refractivity contribution in [3.8, 4) is 0 Å². The van der Waals surface area contributed by atoms with E-state index in [1.165, 1.54) is 12.1 Å². The summed E-state index contributed by atoms with van der Waals surface area (Å²) >= 11 is 17.6. The highest BCUT2D eigenvalue weighted by atomic mass is 35.5. The molecule has 0 radical (unpaired) electrons. The zero-order valence-corrected chi connectivity index (χ0v) is 13.8. The third-order valence-electron chi connectivity index (χ3n) is 3.38. The molecule has 5 nitrogen and oxygen atoms in total. The first kappa shape index (κ1) is 16.8. The van der Waals surface area contributed by atoms with Crippen molar-refractivity contribution in [2.45, 2.75) is 36.1 Å². The molecule has 2 N–H and O–H groups in total. The van der Waals surface area contributed by atoms with Gasteiger partial charge in [-0.2, -0.15) is 0 Å². The molecule has 1 aromatic carbocycles. The second kappa shape index (κ2) is 5.93. The van der Waals surface area contributed by atoms with E-state index < -0.39 is 21.5 Å². The number of carbonyl (C=O) groups is 1. The maximum atomic E-state index is 12.5. The van der Waals surface area contributed by atoms with E-state index in [-0.39, 0.29) is 26.4 Å². The van der Waals surface area contributed by atoms with Crippen LogP contribution in [0.4, 0.5) is 0 Å². The molecule has 9 heteroatoms. The van der Waals surface area contributed by atoms with Crippen LogP contribution < -0.4 is 4.72 Å². The normalized spacial score (nSPS) is 17.3. The third-order valence-corrected chi connectivity index (χ3v) is 6.10. The van der Waals surface area contributed by atoms with E-state index in [9.17, 15) is 13.2 Å². The standard InChI is InChI=1S/C12H12Cl3NO4S/c13-7-4-8(14)11(9(15)5-7)21(19,20)16-12(2-1-3-12)6-10(17)18/h4-5,16H,1-3,6H2,(H,17,18). The Morgan fingerprint density at radius 3 is 2.14 bits per heavy atom. The van der Waals surface area contributed by atoms with E-state index in [0.29, 0.717) is 12.8 Å². The van der Waals surface area contributed by atoms with Crippen molar-refractivity contribution < 1.29 is 18.3 Å². The minimum atomic E-state index is -4.04. The Kier molecular flexibility index (Phi) is 4.75. The van der Waals surface area contributed by atoms with Gasteiger partial charge in [0.1, 0.15) is 4.90 Å². The van der Waals surface area contributed by atoms with E-state index in [1.807, 2.05) is 0 Å². The molecule has 0 spiro atoms. The predicted octanol–water partition coefficient (Wildman–Crippen LogP) is 3.32. The van der Waals surface area contributed by atoms with Gasteiger partial charge in [0.25, 0.3) is 0 Å². The van der Waals surface area contributed by atoms with Crippen LogP contribution in [0.2, 0.25) is 15.1 Å². The summed E-state index contributed by atoms with van der Waals surface area (Å²) in [7, 11) is -4.04. The van der Waals surface area contributed by atoms with Gasteiger partial charge in [-0.15, -0.1) is 0 Å². The molecule has 0 bridgehead atoms. The van der Waals surface area contributed by atoms with E-state index in [1.54, 1.807) is 0 Å². The molecule has 1 aliphatic carbocycles. The van der Waals surface area contributed by atoms with E-state index >= 15 is 0 Å². The van der Waals surface area contributed by atoms with Crippen LogP contribution >= 0.6 is 34.8 Å². The molecule has 0 aliphatic heterocycles. The van der Waals surface area contributed by atoms with E-state index in [0.717, 1.165) is 6.42 Å². The van der Waals surface area contributed by atoms with Crippen molar-refractivity contribution >= 4 is 50.8 Å². The number of carboxylic acids is 1. The molecule has 116 valence electrons. The van der Waals surface area contributed by atoms with Crippen LogP contribution in [-0.4, -0.2) is 25.0 Å². The van der Waals surface area contributed by atoms with Gasteiger partial charge in [0.05, 0.1) is 16.5 Å². The molecule has 0 unspecified atom stereocenters. The highest BCUT2D eigenvalue weighted by Gasteiger charge is 2.43. The van der Waals surface area contributed by atoms with E-state index in [2.05, 4.69) is 4.72 Å². The molecule has 2 rings (SSSR count). The highest BCUT2D eigenvalue weighted by Crippen LogP contribution is 2.39. The molecule has 0 aromatic heterocycles. The van der Waals surface area contributed by atoms with Gasteiger partial charge in [-0.05, 0) is 31.4 Å². The summed E-state index contributed by atoms with van der Waals surface area (Å²) in [4.78, 5) is 10.6. The average Bonchev–Trinajstić information content (AvgIpc) is 2.22. The third kappa shape index (κ3) is 3.63. The van der Waals surface area contributed by atoms with Crippen LogP contribution in [0, 0.1) is 0 Å². The van der Waals surface area contributed by atoms with Crippen LogP contribution in [0.15, 0.2) is 17.0 Å². The fourth-order valence-corrected chi connectivity index (χ4v) is 5.34. The maximum Gasteiger partial charge on any atom is 0.305 e. The number of nitrogens with one attached hydrogen (secondary N) is 1. The van der Waals surface area contributed by atoms with Gasteiger partial charge in [0.2, 0.25) is 10.0 Å². The Bertz CT molecular complexity index is 663. The lowest BCUT2D eigenvalue weighted by Gasteiger charge is -2.41. The van der Waals surface area contributed by atoms with Crippen LogP contribution in [0.1, 0.15) is 25.7 Å². The van der Waals surface area contributed by atoms with Crippen molar-refractivity contribution in [1.82, 2.24) is 4.72 Å². The molecule has 1 aromatic rings. The van der Waals surface area contributed by atoms with Gasteiger partial charge < -0.3 is 5.11 Å². The largest absolute Gasteiger partial charge is 0.481 e. The van der Waals surface area contributed by atoms with Crippen molar-refractivity contribution in [2.75, 3.05) is 0 Å². The minimum absolute atomic E-state index is 0.107. The Balaban J connectivity index is 2.37. The maximum absolute atomic E-state index is 12.5. The number of benzene rings is 1. The minimum Gasteiger partial charge on any atom is -0.481 e. The molecular weight excluding hydrogens is 361 g/mol. The van der Waals surface area contributed by atoms with Crippen molar-refractivity contribution in [3.05, 3.63) is 27.2 Å². The summed E-state index contributed by atoms with van der Waals surface area (Å²) in [5, 5.41) is 8.92. The summed E-state index contributed by atoms with van der Waals surface area (Å²) in [6, 6.07) is 2.54. The Morgan fingerprint density at radius 1 is 1.24 bits per heavy atom. The van der Waals surface area contributed by atoms with Gasteiger partial charge in [-0.25, -0.2) is 13.1 Å². The van der Waals surface area contributed by atoms with Crippen molar-refractivity contribution in [3.63, 3.8) is 0 Å². The summed E-state index contributed by atoms with van der Waals surface area (Å²) in [5.41, 5.74) is -0.975. The molecule has 1 fully saturated rings. The fraction of sp³-hybridized carbons (Fsp3) is 0.417. The molecule has 0 saturated heterocycles. The zero-order chi connectivity index (χ0) is 15.8. The lowest BCUT2D eigenvalue weighted by atomic mass is 9.75. The fourth-order valence-electron chi connectivity index (χ4n) is 2.33. The van der Waals surface area contributed by atoms with Crippen LogP contribution in [0.25, 0.3) is 0 Å². The zero-order valence-electron chi connectivity index (χ0n) is 10.7. The monoisotopic (exact) mass is 371 g/mol. The van der Waals surface area contributed by atoms with E-state index in [4.69, 9.17) is 39.9 Å². The SMILES string of the molecule is O=C(O)CC1(NS(=O)(=O)c2c(Cl)cc(Cl)cc2Cl)CCC1. The number of aliphatic carboxylic acids is 1. The van der Waals surface area contributed by atoms with Crippen LogP contribution in [0.3, 0.4) is 0 Å². The molecule has 0 amide bonds. The Hall–Kier alpha value is -0.530. The number of sulfonamides is 1. The number of rotatable bonds is 5. The first-order valence-electron chi connectivity index (χ1n) is 6.06. The lowest BCUT2D eigenvalue weighted by Crippen LogP contribution is -2.54. The van der Waals surface area contributed by atoms with Crippen molar-refractivity contribution in [1.29, 1.82) is 0 Å². The Morgan fingerprint density at radius 2 is 1.76 bits per heavy atom.